The van der Waals surface area contributed by atoms with Crippen LogP contribution in [-0.4, -0.2) is 17.2 Å². The Balaban J connectivity index is 2.07. The van der Waals surface area contributed by atoms with Gasteiger partial charge in [-0.3, -0.25) is 4.98 Å². The van der Waals surface area contributed by atoms with Gasteiger partial charge in [-0.15, -0.1) is 0 Å². The van der Waals surface area contributed by atoms with Crippen molar-refractivity contribution in [3.63, 3.8) is 0 Å². The summed E-state index contributed by atoms with van der Waals surface area (Å²) in [5.41, 5.74) is 3.28. The van der Waals surface area contributed by atoms with Crippen LogP contribution in [0.1, 0.15) is 29.2 Å². The van der Waals surface area contributed by atoms with Gasteiger partial charge in [0.05, 0.1) is 12.8 Å². The molecule has 0 radical (unpaired) electrons. The van der Waals surface area contributed by atoms with Crippen molar-refractivity contribution in [2.75, 3.05) is 7.11 Å². The first-order valence-electron chi connectivity index (χ1n) is 6.10. The standard InChI is InChI=1S/C15H15NO2/c1-18-11-5-7-14(17)13(9-11)12-6-4-10-3-2-8-16-15(10)12/h2-3,5,7-9,12,17H,4,6H2,1H3. The van der Waals surface area contributed by atoms with E-state index in [1.807, 2.05) is 18.3 Å². The molecular weight excluding hydrogens is 226 g/mol. The molecule has 0 fully saturated rings. The van der Waals surface area contributed by atoms with E-state index in [1.165, 1.54) is 5.56 Å². The van der Waals surface area contributed by atoms with Crippen molar-refractivity contribution in [1.29, 1.82) is 0 Å². The van der Waals surface area contributed by atoms with E-state index in [1.54, 1.807) is 19.2 Å². The SMILES string of the molecule is COc1ccc(O)c(C2CCc3cccnc32)c1. The van der Waals surface area contributed by atoms with Crippen molar-refractivity contribution in [1.82, 2.24) is 4.98 Å². The normalized spacial score (nSPS) is 17.5. The quantitative estimate of drug-likeness (QED) is 0.879. The lowest BCUT2D eigenvalue weighted by Gasteiger charge is -2.14. The summed E-state index contributed by atoms with van der Waals surface area (Å²) in [7, 11) is 1.64. The fraction of sp³-hybridized carbons (Fsp3) is 0.267. The maximum Gasteiger partial charge on any atom is 0.119 e. The minimum absolute atomic E-state index is 0.177. The topological polar surface area (TPSA) is 42.4 Å². The maximum absolute atomic E-state index is 10.0. The molecule has 1 heterocycles. The van der Waals surface area contributed by atoms with Crippen LogP contribution in [0.25, 0.3) is 0 Å². The predicted octanol–water partition coefficient (Wildman–Crippen LogP) is 2.87. The fourth-order valence-corrected chi connectivity index (χ4v) is 2.65. The molecule has 1 N–H and O–H groups in total. The van der Waals surface area contributed by atoms with Crippen LogP contribution in [-0.2, 0) is 6.42 Å². The molecular formula is C15H15NO2. The average molecular weight is 241 g/mol. The molecule has 1 aromatic heterocycles. The van der Waals surface area contributed by atoms with Gasteiger partial charge in [-0.05, 0) is 42.7 Å². The average Bonchev–Trinajstić information content (AvgIpc) is 2.83. The van der Waals surface area contributed by atoms with Gasteiger partial charge in [0.2, 0.25) is 0 Å². The predicted molar refractivity (Wildman–Crippen MR) is 69.1 cm³/mol. The summed E-state index contributed by atoms with van der Waals surface area (Å²) in [4.78, 5) is 4.46. The molecule has 0 aliphatic heterocycles. The van der Waals surface area contributed by atoms with Gasteiger partial charge >= 0.3 is 0 Å². The van der Waals surface area contributed by atoms with Gasteiger partial charge in [0.25, 0.3) is 0 Å². The largest absolute Gasteiger partial charge is 0.508 e. The van der Waals surface area contributed by atoms with Crippen molar-refractivity contribution in [3.05, 3.63) is 53.3 Å². The van der Waals surface area contributed by atoms with E-state index in [0.29, 0.717) is 5.75 Å². The van der Waals surface area contributed by atoms with Crippen molar-refractivity contribution in [3.8, 4) is 11.5 Å². The number of fused-ring (bicyclic) bond motifs is 1. The van der Waals surface area contributed by atoms with Crippen molar-refractivity contribution < 1.29 is 9.84 Å². The smallest absolute Gasteiger partial charge is 0.119 e. The molecule has 1 aliphatic carbocycles. The van der Waals surface area contributed by atoms with E-state index >= 15 is 0 Å². The molecule has 0 spiro atoms. The zero-order valence-electron chi connectivity index (χ0n) is 10.3. The van der Waals surface area contributed by atoms with Gasteiger partial charge in [-0.2, -0.15) is 0 Å². The van der Waals surface area contributed by atoms with E-state index < -0.39 is 0 Å². The Labute approximate surface area is 106 Å². The number of nitrogens with zero attached hydrogens (tertiary/aromatic N) is 1. The lowest BCUT2D eigenvalue weighted by Crippen LogP contribution is -1.99. The number of hydrogen-bond donors (Lipinski definition) is 1. The number of benzene rings is 1. The highest BCUT2D eigenvalue weighted by Gasteiger charge is 2.27. The first-order chi connectivity index (χ1) is 8.79. The van der Waals surface area contributed by atoms with Crippen LogP contribution < -0.4 is 4.74 Å². The van der Waals surface area contributed by atoms with Crippen LogP contribution in [0.3, 0.4) is 0 Å². The van der Waals surface area contributed by atoms with E-state index in [0.717, 1.165) is 29.8 Å². The molecule has 3 nitrogen and oxygen atoms in total. The zero-order chi connectivity index (χ0) is 12.5. The Kier molecular flexibility index (Phi) is 2.67. The van der Waals surface area contributed by atoms with Gasteiger partial charge in [0, 0.05) is 17.7 Å². The van der Waals surface area contributed by atoms with Crippen LogP contribution >= 0.6 is 0 Å². The Morgan fingerprint density at radius 3 is 3.06 bits per heavy atom. The minimum Gasteiger partial charge on any atom is -0.508 e. The molecule has 0 saturated heterocycles. The molecule has 92 valence electrons. The maximum atomic E-state index is 10.0. The number of rotatable bonds is 2. The number of pyridine rings is 1. The molecule has 0 saturated carbocycles. The van der Waals surface area contributed by atoms with E-state index in [2.05, 4.69) is 11.1 Å². The lowest BCUT2D eigenvalue weighted by atomic mass is 9.95. The monoisotopic (exact) mass is 241 g/mol. The highest BCUT2D eigenvalue weighted by Crippen LogP contribution is 2.41. The molecule has 1 unspecified atom stereocenters. The van der Waals surface area contributed by atoms with Gasteiger partial charge < -0.3 is 9.84 Å². The van der Waals surface area contributed by atoms with Crippen LogP contribution in [0, 0.1) is 0 Å². The second kappa shape index (κ2) is 4.33. The summed E-state index contributed by atoms with van der Waals surface area (Å²) in [6.45, 7) is 0. The van der Waals surface area contributed by atoms with Crippen LogP contribution in [0.15, 0.2) is 36.5 Å². The molecule has 1 aliphatic rings. The molecule has 3 heteroatoms. The number of ether oxygens (including phenoxy) is 1. The number of phenolic OH excluding ortho intramolecular Hbond substituents is 1. The van der Waals surface area contributed by atoms with Gasteiger partial charge in [-0.25, -0.2) is 0 Å². The molecule has 1 aromatic carbocycles. The van der Waals surface area contributed by atoms with Crippen LogP contribution in [0.5, 0.6) is 11.5 Å². The highest BCUT2D eigenvalue weighted by molar-refractivity contribution is 5.47. The van der Waals surface area contributed by atoms with Crippen molar-refractivity contribution in [2.45, 2.75) is 18.8 Å². The van der Waals surface area contributed by atoms with Crippen molar-refractivity contribution >= 4 is 0 Å². The van der Waals surface area contributed by atoms with Crippen LogP contribution in [0.4, 0.5) is 0 Å². The molecule has 1 atom stereocenters. The van der Waals surface area contributed by atoms with E-state index in [9.17, 15) is 5.11 Å². The first kappa shape index (κ1) is 11.1. The summed E-state index contributed by atoms with van der Waals surface area (Å²) in [6, 6.07) is 9.44. The second-order valence-corrected chi connectivity index (χ2v) is 4.56. The first-order valence-corrected chi connectivity index (χ1v) is 6.10. The fourth-order valence-electron chi connectivity index (χ4n) is 2.65. The molecule has 3 rings (SSSR count). The Bertz CT molecular complexity index is 580. The van der Waals surface area contributed by atoms with Crippen LogP contribution in [0.2, 0.25) is 0 Å². The molecule has 18 heavy (non-hydrogen) atoms. The molecule has 2 aromatic rings. The summed E-state index contributed by atoms with van der Waals surface area (Å²) < 4.78 is 5.23. The van der Waals surface area contributed by atoms with Gasteiger partial charge in [0.15, 0.2) is 0 Å². The Morgan fingerprint density at radius 1 is 1.33 bits per heavy atom. The van der Waals surface area contributed by atoms with E-state index in [4.69, 9.17) is 4.74 Å². The third-order valence-electron chi connectivity index (χ3n) is 3.57. The van der Waals surface area contributed by atoms with Crippen molar-refractivity contribution in [2.24, 2.45) is 0 Å². The number of hydrogen-bond acceptors (Lipinski definition) is 3. The summed E-state index contributed by atoms with van der Waals surface area (Å²) >= 11 is 0. The third-order valence-corrected chi connectivity index (χ3v) is 3.57. The van der Waals surface area contributed by atoms with Gasteiger partial charge in [-0.1, -0.05) is 6.07 Å². The molecule has 0 amide bonds. The van der Waals surface area contributed by atoms with E-state index in [-0.39, 0.29) is 5.92 Å². The minimum atomic E-state index is 0.177. The number of aromatic hydroxyl groups is 1. The Hall–Kier alpha value is -2.03. The Morgan fingerprint density at radius 2 is 2.22 bits per heavy atom. The number of aryl methyl sites for hydroxylation is 1. The number of phenols is 1. The highest BCUT2D eigenvalue weighted by atomic mass is 16.5. The number of methoxy groups -OCH3 is 1. The summed E-state index contributed by atoms with van der Waals surface area (Å²) in [6.07, 6.45) is 3.83. The number of aromatic nitrogens is 1. The lowest BCUT2D eigenvalue weighted by molar-refractivity contribution is 0.410. The zero-order valence-corrected chi connectivity index (χ0v) is 10.3. The third kappa shape index (κ3) is 1.72. The molecule has 0 bridgehead atoms. The summed E-state index contributed by atoms with van der Waals surface area (Å²) in [5, 5.41) is 10.0. The second-order valence-electron chi connectivity index (χ2n) is 4.56. The van der Waals surface area contributed by atoms with Gasteiger partial charge in [0.1, 0.15) is 11.5 Å². The summed E-state index contributed by atoms with van der Waals surface area (Å²) in [5.74, 6) is 1.27.